The standard InChI is InChI=1S/C17H15FN2O/c18-15-4-6-17(14(9-15)10-19)21-11-12-3-5-16-13(8-12)2-1-7-20-16/h1-9H,10-11,19H2. The van der Waals surface area contributed by atoms with Crippen LogP contribution in [0.1, 0.15) is 11.1 Å². The van der Waals surface area contributed by atoms with Gasteiger partial charge in [0.2, 0.25) is 0 Å². The van der Waals surface area contributed by atoms with Crippen molar-refractivity contribution >= 4 is 10.9 Å². The van der Waals surface area contributed by atoms with E-state index in [9.17, 15) is 4.39 Å². The van der Waals surface area contributed by atoms with Crippen molar-refractivity contribution in [2.75, 3.05) is 0 Å². The normalized spacial score (nSPS) is 10.8. The van der Waals surface area contributed by atoms with Crippen molar-refractivity contribution in [3.8, 4) is 5.75 Å². The van der Waals surface area contributed by atoms with Gasteiger partial charge in [0.15, 0.2) is 0 Å². The number of nitrogens with two attached hydrogens (primary N) is 1. The van der Waals surface area contributed by atoms with Crippen LogP contribution in [0.15, 0.2) is 54.7 Å². The molecule has 2 aromatic carbocycles. The van der Waals surface area contributed by atoms with Crippen molar-refractivity contribution in [3.05, 3.63) is 71.7 Å². The molecule has 1 aromatic heterocycles. The monoisotopic (exact) mass is 282 g/mol. The lowest BCUT2D eigenvalue weighted by atomic mass is 10.1. The Balaban J connectivity index is 1.80. The first kappa shape index (κ1) is 13.5. The molecule has 2 N–H and O–H groups in total. The van der Waals surface area contributed by atoms with Gasteiger partial charge in [0, 0.05) is 23.7 Å². The Kier molecular flexibility index (Phi) is 3.79. The van der Waals surface area contributed by atoms with Crippen LogP contribution in [-0.2, 0) is 13.2 Å². The minimum atomic E-state index is -0.306. The summed E-state index contributed by atoms with van der Waals surface area (Å²) >= 11 is 0. The molecule has 0 saturated carbocycles. The van der Waals surface area contributed by atoms with E-state index in [2.05, 4.69) is 4.98 Å². The van der Waals surface area contributed by atoms with E-state index in [4.69, 9.17) is 10.5 Å². The molecule has 0 fully saturated rings. The molecule has 3 aromatic rings. The SMILES string of the molecule is NCc1cc(F)ccc1OCc1ccc2ncccc2c1. The number of pyridine rings is 1. The van der Waals surface area contributed by atoms with Crippen LogP contribution in [0.4, 0.5) is 4.39 Å². The van der Waals surface area contributed by atoms with Gasteiger partial charge in [-0.3, -0.25) is 4.98 Å². The molecule has 0 unspecified atom stereocenters. The van der Waals surface area contributed by atoms with Crippen molar-refractivity contribution in [1.82, 2.24) is 4.98 Å². The number of rotatable bonds is 4. The molecule has 0 amide bonds. The van der Waals surface area contributed by atoms with Gasteiger partial charge >= 0.3 is 0 Å². The second kappa shape index (κ2) is 5.89. The average molecular weight is 282 g/mol. The van der Waals surface area contributed by atoms with Gasteiger partial charge in [-0.25, -0.2) is 4.39 Å². The van der Waals surface area contributed by atoms with E-state index < -0.39 is 0 Å². The van der Waals surface area contributed by atoms with Crippen LogP contribution in [0.3, 0.4) is 0 Å². The third kappa shape index (κ3) is 3.01. The second-order valence-electron chi connectivity index (χ2n) is 4.78. The average Bonchev–Trinajstić information content (AvgIpc) is 2.53. The quantitative estimate of drug-likeness (QED) is 0.797. The number of nitrogens with zero attached hydrogens (tertiary/aromatic N) is 1. The summed E-state index contributed by atoms with van der Waals surface area (Å²) in [6.45, 7) is 0.651. The Morgan fingerprint density at radius 2 is 2.00 bits per heavy atom. The Morgan fingerprint density at radius 1 is 1.10 bits per heavy atom. The van der Waals surface area contributed by atoms with Crippen molar-refractivity contribution in [1.29, 1.82) is 0 Å². The third-order valence-electron chi connectivity index (χ3n) is 3.30. The lowest BCUT2D eigenvalue weighted by Gasteiger charge is -2.11. The van der Waals surface area contributed by atoms with Gasteiger partial charge in [-0.05, 0) is 42.0 Å². The maximum absolute atomic E-state index is 13.2. The van der Waals surface area contributed by atoms with E-state index in [1.165, 1.54) is 12.1 Å². The predicted octanol–water partition coefficient (Wildman–Crippen LogP) is 3.41. The maximum atomic E-state index is 13.2. The highest BCUT2D eigenvalue weighted by Gasteiger charge is 2.05. The first-order valence-corrected chi connectivity index (χ1v) is 6.71. The Labute approximate surface area is 122 Å². The summed E-state index contributed by atoms with van der Waals surface area (Å²) in [5, 5.41) is 1.07. The number of fused-ring (bicyclic) bond motifs is 1. The number of aromatic nitrogens is 1. The summed E-state index contributed by atoms with van der Waals surface area (Å²) < 4.78 is 18.9. The Hall–Kier alpha value is -2.46. The molecule has 0 bridgehead atoms. The molecule has 0 aliphatic rings. The lowest BCUT2D eigenvalue weighted by Crippen LogP contribution is -2.03. The summed E-state index contributed by atoms with van der Waals surface area (Å²) in [4.78, 5) is 4.28. The Bertz CT molecular complexity index is 774. The fourth-order valence-corrected chi connectivity index (χ4v) is 2.22. The lowest BCUT2D eigenvalue weighted by molar-refractivity contribution is 0.302. The van der Waals surface area contributed by atoms with Crippen molar-refractivity contribution < 1.29 is 9.13 Å². The molecule has 0 aliphatic carbocycles. The fourth-order valence-electron chi connectivity index (χ4n) is 2.22. The van der Waals surface area contributed by atoms with Crippen LogP contribution in [0.5, 0.6) is 5.75 Å². The van der Waals surface area contributed by atoms with E-state index in [1.54, 1.807) is 12.3 Å². The Morgan fingerprint density at radius 3 is 2.86 bits per heavy atom. The topological polar surface area (TPSA) is 48.1 Å². The number of halogens is 1. The molecule has 106 valence electrons. The van der Waals surface area contributed by atoms with Gasteiger partial charge in [0.25, 0.3) is 0 Å². The summed E-state index contributed by atoms with van der Waals surface area (Å²) in [6.07, 6.45) is 1.77. The van der Waals surface area contributed by atoms with Crippen molar-refractivity contribution in [2.45, 2.75) is 13.2 Å². The van der Waals surface area contributed by atoms with E-state index in [-0.39, 0.29) is 12.4 Å². The summed E-state index contributed by atoms with van der Waals surface area (Å²) in [6, 6.07) is 14.3. The zero-order valence-corrected chi connectivity index (χ0v) is 11.4. The van der Waals surface area contributed by atoms with Crippen LogP contribution >= 0.6 is 0 Å². The first-order valence-electron chi connectivity index (χ1n) is 6.71. The summed E-state index contributed by atoms with van der Waals surface area (Å²) in [7, 11) is 0. The smallest absolute Gasteiger partial charge is 0.124 e. The highest BCUT2D eigenvalue weighted by molar-refractivity contribution is 5.78. The fraction of sp³-hybridized carbons (Fsp3) is 0.118. The van der Waals surface area contributed by atoms with E-state index in [0.29, 0.717) is 17.9 Å². The zero-order chi connectivity index (χ0) is 14.7. The van der Waals surface area contributed by atoms with Gasteiger partial charge in [0.1, 0.15) is 18.2 Å². The highest BCUT2D eigenvalue weighted by Crippen LogP contribution is 2.21. The number of ether oxygens (including phenoxy) is 1. The molecule has 3 rings (SSSR count). The molecule has 0 aliphatic heterocycles. The van der Waals surface area contributed by atoms with Crippen LogP contribution in [0.25, 0.3) is 10.9 Å². The molecule has 1 heterocycles. The third-order valence-corrected chi connectivity index (χ3v) is 3.30. The minimum Gasteiger partial charge on any atom is -0.489 e. The van der Waals surface area contributed by atoms with Crippen LogP contribution in [-0.4, -0.2) is 4.98 Å². The molecule has 0 radical (unpaired) electrons. The maximum Gasteiger partial charge on any atom is 0.124 e. The molecule has 21 heavy (non-hydrogen) atoms. The van der Waals surface area contributed by atoms with Crippen LogP contribution in [0.2, 0.25) is 0 Å². The molecular formula is C17H15FN2O. The molecule has 4 heteroatoms. The van der Waals surface area contributed by atoms with Gasteiger partial charge in [-0.1, -0.05) is 12.1 Å². The number of benzene rings is 2. The van der Waals surface area contributed by atoms with Gasteiger partial charge < -0.3 is 10.5 Å². The minimum absolute atomic E-state index is 0.245. The number of hydrogen-bond acceptors (Lipinski definition) is 3. The van der Waals surface area contributed by atoms with Crippen molar-refractivity contribution in [3.63, 3.8) is 0 Å². The zero-order valence-electron chi connectivity index (χ0n) is 11.4. The van der Waals surface area contributed by atoms with Crippen LogP contribution in [0, 0.1) is 5.82 Å². The van der Waals surface area contributed by atoms with E-state index >= 15 is 0 Å². The van der Waals surface area contributed by atoms with Crippen LogP contribution < -0.4 is 10.5 Å². The predicted molar refractivity (Wildman–Crippen MR) is 80.4 cm³/mol. The molecular weight excluding hydrogens is 267 g/mol. The second-order valence-corrected chi connectivity index (χ2v) is 4.78. The molecule has 0 atom stereocenters. The molecule has 0 saturated heterocycles. The highest BCUT2D eigenvalue weighted by atomic mass is 19.1. The molecule has 0 spiro atoms. The largest absolute Gasteiger partial charge is 0.489 e. The summed E-state index contributed by atoms with van der Waals surface area (Å²) in [5.41, 5.74) is 8.25. The van der Waals surface area contributed by atoms with E-state index in [1.807, 2.05) is 30.3 Å². The number of hydrogen-bond donors (Lipinski definition) is 1. The van der Waals surface area contributed by atoms with Crippen molar-refractivity contribution in [2.24, 2.45) is 5.73 Å². The van der Waals surface area contributed by atoms with Gasteiger partial charge in [0.05, 0.1) is 5.52 Å². The summed E-state index contributed by atoms with van der Waals surface area (Å²) in [5.74, 6) is 0.310. The first-order chi connectivity index (χ1) is 10.3. The molecule has 3 nitrogen and oxygen atoms in total. The van der Waals surface area contributed by atoms with E-state index in [0.717, 1.165) is 16.5 Å². The van der Waals surface area contributed by atoms with Gasteiger partial charge in [-0.2, -0.15) is 0 Å². The van der Waals surface area contributed by atoms with Gasteiger partial charge in [-0.15, -0.1) is 0 Å².